The molecule has 0 aromatic carbocycles. The number of rotatable bonds is 7. The summed E-state index contributed by atoms with van der Waals surface area (Å²) >= 11 is 6.33. The maximum atomic E-state index is 13.0. The number of nitrogens with zero attached hydrogens (tertiary/aromatic N) is 3. The predicted molar refractivity (Wildman–Crippen MR) is 121 cm³/mol. The van der Waals surface area contributed by atoms with E-state index in [1.807, 2.05) is 4.90 Å². The third-order valence-corrected chi connectivity index (χ3v) is 6.35. The van der Waals surface area contributed by atoms with Crippen LogP contribution in [0.15, 0.2) is 18.3 Å². The lowest BCUT2D eigenvalue weighted by atomic mass is 9.81. The van der Waals surface area contributed by atoms with Gasteiger partial charge in [-0.3, -0.25) is 14.8 Å². The zero-order chi connectivity index (χ0) is 22.4. The summed E-state index contributed by atoms with van der Waals surface area (Å²) < 4.78 is 0. The van der Waals surface area contributed by atoms with Crippen LogP contribution in [0.1, 0.15) is 37.7 Å². The summed E-state index contributed by atoms with van der Waals surface area (Å²) in [6.45, 7) is 2.52. The van der Waals surface area contributed by atoms with Gasteiger partial charge in [0.25, 0.3) is 5.91 Å². The highest BCUT2D eigenvalue weighted by molar-refractivity contribution is 6.33. The fourth-order valence-corrected chi connectivity index (χ4v) is 4.73. The third kappa shape index (κ3) is 6.66. The molecule has 0 unspecified atom stereocenters. The lowest BCUT2D eigenvalue weighted by Gasteiger charge is -2.31. The summed E-state index contributed by atoms with van der Waals surface area (Å²) in [5, 5.41) is 12.3. The Bertz CT molecular complexity index is 808. The number of halogens is 1. The largest absolute Gasteiger partial charge is 0.364 e. The fourth-order valence-electron chi connectivity index (χ4n) is 4.50. The van der Waals surface area contributed by atoms with Gasteiger partial charge in [-0.25, -0.2) is 10.5 Å². The van der Waals surface area contributed by atoms with Gasteiger partial charge in [-0.2, -0.15) is 0 Å². The highest BCUT2D eigenvalue weighted by Gasteiger charge is 2.33. The van der Waals surface area contributed by atoms with Gasteiger partial charge in [0.2, 0.25) is 5.91 Å². The van der Waals surface area contributed by atoms with Crippen LogP contribution < -0.4 is 10.8 Å². The first kappa shape index (κ1) is 23.5. The molecule has 170 valence electrons. The molecule has 2 amide bonds. The first-order valence-electron chi connectivity index (χ1n) is 10.8. The molecule has 1 aromatic rings. The highest BCUT2D eigenvalue weighted by atomic mass is 35.5. The molecule has 31 heavy (non-hydrogen) atoms. The van der Waals surface area contributed by atoms with Gasteiger partial charge in [-0.15, -0.1) is 0 Å². The zero-order valence-corrected chi connectivity index (χ0v) is 18.9. The van der Waals surface area contributed by atoms with E-state index in [-0.39, 0.29) is 17.9 Å². The zero-order valence-electron chi connectivity index (χ0n) is 18.2. The van der Waals surface area contributed by atoms with Crippen molar-refractivity contribution in [1.82, 2.24) is 20.3 Å². The van der Waals surface area contributed by atoms with Crippen LogP contribution in [-0.4, -0.2) is 71.6 Å². The molecule has 3 rings (SSSR count). The minimum atomic E-state index is -0.625. The minimum absolute atomic E-state index is 0.112. The Morgan fingerprint density at radius 2 is 2.03 bits per heavy atom. The van der Waals surface area contributed by atoms with Crippen LogP contribution in [0.4, 0.5) is 5.82 Å². The van der Waals surface area contributed by atoms with Crippen molar-refractivity contribution in [3.05, 3.63) is 28.9 Å². The molecule has 9 heteroatoms. The summed E-state index contributed by atoms with van der Waals surface area (Å²) in [6, 6.07) is 1.81. The van der Waals surface area contributed by atoms with Gasteiger partial charge in [0.1, 0.15) is 5.82 Å². The maximum absolute atomic E-state index is 13.0. The van der Waals surface area contributed by atoms with E-state index in [1.165, 1.54) is 17.6 Å². The number of aromatic nitrogens is 1. The number of carbonyl (C=O) groups is 2. The van der Waals surface area contributed by atoms with Gasteiger partial charge in [-0.05, 0) is 69.8 Å². The quantitative estimate of drug-likeness (QED) is 0.336. The standard InChI is InChI=1S/C22H32ClN5O3/c1-27(2)13-15-3-6-17(7-4-15)22(30)28-10-9-18(14-28)25-21-19(23)11-16(12-24-21)5-8-20(29)26-31/h5,8,11-12,15,17-18,31H,3-4,6-7,9-10,13-14H2,1-2H3,(H,24,25)(H,26,29)/b8-5+/t15?,17?,18-/m1/s1. The Balaban J connectivity index is 1.49. The topological polar surface area (TPSA) is 97.8 Å². The second-order valence-corrected chi connectivity index (χ2v) is 9.21. The lowest BCUT2D eigenvalue weighted by molar-refractivity contribution is -0.135. The number of hydrogen-bond donors (Lipinski definition) is 3. The SMILES string of the molecule is CN(C)CC1CCC(C(=O)N2CC[C@@H](Nc3ncc(/C=C/C(=O)NO)cc3Cl)C2)CC1. The first-order chi connectivity index (χ1) is 14.9. The second-order valence-electron chi connectivity index (χ2n) is 8.80. The molecular weight excluding hydrogens is 418 g/mol. The summed E-state index contributed by atoms with van der Waals surface area (Å²) in [4.78, 5) is 32.6. The molecule has 0 radical (unpaired) electrons. The van der Waals surface area contributed by atoms with Crippen LogP contribution in [0.3, 0.4) is 0 Å². The molecule has 1 aliphatic heterocycles. The molecule has 2 heterocycles. The Kier molecular flexibility index (Phi) is 8.28. The number of anilines is 1. The Morgan fingerprint density at radius 3 is 2.68 bits per heavy atom. The van der Waals surface area contributed by atoms with Gasteiger partial charge >= 0.3 is 0 Å². The van der Waals surface area contributed by atoms with Gasteiger partial charge in [-0.1, -0.05) is 11.6 Å². The second kappa shape index (κ2) is 10.9. The van der Waals surface area contributed by atoms with E-state index in [0.717, 1.165) is 45.2 Å². The average Bonchev–Trinajstić information content (AvgIpc) is 3.22. The molecule has 3 N–H and O–H groups in total. The van der Waals surface area contributed by atoms with E-state index >= 15 is 0 Å². The van der Waals surface area contributed by atoms with Crippen molar-refractivity contribution in [2.24, 2.45) is 11.8 Å². The Morgan fingerprint density at radius 1 is 1.29 bits per heavy atom. The van der Waals surface area contributed by atoms with Crippen molar-refractivity contribution in [2.75, 3.05) is 39.0 Å². The molecule has 1 atom stereocenters. The molecular formula is C22H32ClN5O3. The molecule has 0 spiro atoms. The summed E-state index contributed by atoms with van der Waals surface area (Å²) in [5.41, 5.74) is 2.18. The Labute approximate surface area is 188 Å². The molecule has 1 saturated heterocycles. The monoisotopic (exact) mass is 449 g/mol. The molecule has 1 aliphatic carbocycles. The van der Waals surface area contributed by atoms with Crippen molar-refractivity contribution in [1.29, 1.82) is 0 Å². The van der Waals surface area contributed by atoms with E-state index in [2.05, 4.69) is 29.3 Å². The van der Waals surface area contributed by atoms with Gasteiger partial charge in [0, 0.05) is 43.9 Å². The molecule has 1 saturated carbocycles. The van der Waals surface area contributed by atoms with Gasteiger partial charge < -0.3 is 15.1 Å². The van der Waals surface area contributed by atoms with Crippen molar-refractivity contribution in [3.8, 4) is 0 Å². The maximum Gasteiger partial charge on any atom is 0.267 e. The number of likely N-dealkylation sites (tertiary alicyclic amines) is 1. The van der Waals surface area contributed by atoms with E-state index in [0.29, 0.717) is 28.9 Å². The van der Waals surface area contributed by atoms with E-state index in [1.54, 1.807) is 12.3 Å². The summed E-state index contributed by atoms with van der Waals surface area (Å²) in [5.74, 6) is 1.08. The number of hydroxylamine groups is 1. The molecule has 8 nitrogen and oxygen atoms in total. The van der Waals surface area contributed by atoms with Crippen LogP contribution in [0, 0.1) is 11.8 Å². The Hall–Kier alpha value is -2.16. The van der Waals surface area contributed by atoms with Crippen LogP contribution in [0.2, 0.25) is 5.02 Å². The van der Waals surface area contributed by atoms with Crippen molar-refractivity contribution >= 4 is 35.3 Å². The molecule has 1 aromatic heterocycles. The van der Waals surface area contributed by atoms with Crippen LogP contribution >= 0.6 is 11.6 Å². The van der Waals surface area contributed by atoms with Crippen molar-refractivity contribution in [3.63, 3.8) is 0 Å². The summed E-state index contributed by atoms with van der Waals surface area (Å²) in [6.07, 6.45) is 9.39. The van der Waals surface area contributed by atoms with Crippen LogP contribution in [0.25, 0.3) is 6.08 Å². The van der Waals surface area contributed by atoms with Crippen LogP contribution in [-0.2, 0) is 9.59 Å². The molecule has 0 bridgehead atoms. The van der Waals surface area contributed by atoms with Crippen LogP contribution in [0.5, 0.6) is 0 Å². The lowest BCUT2D eigenvalue weighted by Crippen LogP contribution is -2.38. The number of pyridine rings is 1. The highest BCUT2D eigenvalue weighted by Crippen LogP contribution is 2.31. The van der Waals surface area contributed by atoms with E-state index < -0.39 is 5.91 Å². The number of amides is 2. The van der Waals surface area contributed by atoms with E-state index in [4.69, 9.17) is 16.8 Å². The molecule has 2 aliphatic rings. The smallest absolute Gasteiger partial charge is 0.267 e. The average molecular weight is 450 g/mol. The van der Waals surface area contributed by atoms with Gasteiger partial charge in [0.05, 0.1) is 5.02 Å². The minimum Gasteiger partial charge on any atom is -0.364 e. The third-order valence-electron chi connectivity index (χ3n) is 6.06. The van der Waals surface area contributed by atoms with Crippen molar-refractivity contribution < 1.29 is 14.8 Å². The number of nitrogens with one attached hydrogen (secondary N) is 2. The van der Waals surface area contributed by atoms with E-state index in [9.17, 15) is 9.59 Å². The normalized spacial score (nSPS) is 24.0. The van der Waals surface area contributed by atoms with Crippen molar-refractivity contribution in [2.45, 2.75) is 38.1 Å². The van der Waals surface area contributed by atoms with Gasteiger partial charge in [0.15, 0.2) is 0 Å². The predicted octanol–water partition coefficient (Wildman–Crippen LogP) is 2.63. The molecule has 2 fully saturated rings. The first-order valence-corrected chi connectivity index (χ1v) is 11.2. The fraction of sp³-hybridized carbons (Fsp3) is 0.591. The number of hydrogen-bond acceptors (Lipinski definition) is 6. The summed E-state index contributed by atoms with van der Waals surface area (Å²) in [7, 11) is 4.21. The number of carbonyl (C=O) groups excluding carboxylic acids is 2.